The molecular formula is C20H14N6OS4. The average molecular weight is 483 g/mol. The zero-order valence-electron chi connectivity index (χ0n) is 15.8. The van der Waals surface area contributed by atoms with Crippen LogP contribution in [0.5, 0.6) is 0 Å². The molecule has 0 saturated heterocycles. The van der Waals surface area contributed by atoms with Gasteiger partial charge < -0.3 is 0 Å². The molecule has 0 saturated carbocycles. The summed E-state index contributed by atoms with van der Waals surface area (Å²) in [5.74, 6) is 1.11. The van der Waals surface area contributed by atoms with E-state index in [0.29, 0.717) is 11.0 Å². The Kier molecular flexibility index (Phi) is 5.89. The fraction of sp³-hybridized carbons (Fsp3) is 0.0500. The number of para-hydroxylation sites is 1. The number of hydrogen-bond donors (Lipinski definition) is 1. The number of benzene rings is 1. The second-order valence-electron chi connectivity index (χ2n) is 6.18. The maximum Gasteiger partial charge on any atom is 0.297 e. The van der Waals surface area contributed by atoms with Gasteiger partial charge in [-0.3, -0.25) is 10.1 Å². The van der Waals surface area contributed by atoms with Crippen molar-refractivity contribution in [1.82, 2.24) is 25.0 Å². The van der Waals surface area contributed by atoms with Crippen LogP contribution in [-0.2, 0) is 5.75 Å². The summed E-state index contributed by atoms with van der Waals surface area (Å²) in [6.07, 6.45) is 0. The van der Waals surface area contributed by atoms with Crippen LogP contribution >= 0.6 is 45.8 Å². The SMILES string of the molecule is O=C(Nc1nnc(SCc2cccs2)s1)c1nc(-c2cccs2)n(-c2ccccc2)n1. The molecule has 5 rings (SSSR count). The highest BCUT2D eigenvalue weighted by Crippen LogP contribution is 2.30. The number of carbonyl (C=O) groups excluding carboxylic acids is 1. The van der Waals surface area contributed by atoms with E-state index in [2.05, 4.69) is 31.7 Å². The minimum absolute atomic E-state index is 0.0789. The van der Waals surface area contributed by atoms with E-state index < -0.39 is 5.91 Å². The summed E-state index contributed by atoms with van der Waals surface area (Å²) < 4.78 is 2.48. The highest BCUT2D eigenvalue weighted by Gasteiger charge is 2.20. The Morgan fingerprint density at radius 3 is 2.61 bits per heavy atom. The van der Waals surface area contributed by atoms with Crippen molar-refractivity contribution in [3.63, 3.8) is 0 Å². The molecule has 0 fully saturated rings. The number of thiophene rings is 2. The van der Waals surface area contributed by atoms with Crippen LogP contribution in [0, 0.1) is 0 Å². The van der Waals surface area contributed by atoms with Crippen molar-refractivity contribution in [2.75, 3.05) is 5.32 Å². The molecule has 0 bridgehead atoms. The molecule has 5 aromatic rings. The molecule has 0 spiro atoms. The third kappa shape index (κ3) is 4.59. The van der Waals surface area contributed by atoms with E-state index in [9.17, 15) is 4.79 Å². The quantitative estimate of drug-likeness (QED) is 0.245. The summed E-state index contributed by atoms with van der Waals surface area (Å²) in [6, 6.07) is 17.6. The Labute approximate surface area is 193 Å². The Morgan fingerprint density at radius 2 is 1.84 bits per heavy atom. The van der Waals surface area contributed by atoms with E-state index in [4.69, 9.17) is 0 Å². The Bertz CT molecular complexity index is 1280. The topological polar surface area (TPSA) is 85.6 Å². The van der Waals surface area contributed by atoms with Crippen LogP contribution in [0.1, 0.15) is 15.5 Å². The fourth-order valence-corrected chi connectivity index (χ4v) is 5.94. The van der Waals surface area contributed by atoms with E-state index in [0.717, 1.165) is 20.7 Å². The summed E-state index contributed by atoms with van der Waals surface area (Å²) in [5, 5.41) is 19.9. The molecule has 1 aromatic carbocycles. The van der Waals surface area contributed by atoms with Gasteiger partial charge in [-0.05, 0) is 35.0 Å². The number of amides is 1. The van der Waals surface area contributed by atoms with Crippen molar-refractivity contribution < 1.29 is 4.79 Å². The van der Waals surface area contributed by atoms with Gasteiger partial charge in [-0.15, -0.1) is 38.0 Å². The zero-order chi connectivity index (χ0) is 21.0. The van der Waals surface area contributed by atoms with Crippen LogP contribution in [0.4, 0.5) is 5.13 Å². The Balaban J connectivity index is 1.35. The maximum absolute atomic E-state index is 12.8. The van der Waals surface area contributed by atoms with Gasteiger partial charge in [-0.1, -0.05) is 53.4 Å². The monoisotopic (exact) mass is 482 g/mol. The molecule has 4 aromatic heterocycles. The van der Waals surface area contributed by atoms with E-state index in [1.165, 1.54) is 16.2 Å². The predicted octanol–water partition coefficient (Wildman–Crippen LogP) is 5.45. The van der Waals surface area contributed by atoms with Crippen molar-refractivity contribution in [3.8, 4) is 16.4 Å². The summed E-state index contributed by atoms with van der Waals surface area (Å²) in [7, 11) is 0. The lowest BCUT2D eigenvalue weighted by molar-refractivity contribution is 0.101. The van der Waals surface area contributed by atoms with E-state index in [1.807, 2.05) is 59.3 Å². The molecular weight excluding hydrogens is 469 g/mol. The molecule has 4 heterocycles. The highest BCUT2D eigenvalue weighted by atomic mass is 32.2. The van der Waals surface area contributed by atoms with Crippen LogP contribution in [0.2, 0.25) is 0 Å². The summed E-state index contributed by atoms with van der Waals surface area (Å²) in [6.45, 7) is 0. The first-order valence-electron chi connectivity index (χ1n) is 9.12. The normalized spacial score (nSPS) is 11.0. The largest absolute Gasteiger partial charge is 0.297 e. The van der Waals surface area contributed by atoms with Gasteiger partial charge in [0.1, 0.15) is 0 Å². The molecule has 0 aliphatic heterocycles. The van der Waals surface area contributed by atoms with E-state index in [-0.39, 0.29) is 5.82 Å². The minimum atomic E-state index is -0.418. The molecule has 154 valence electrons. The van der Waals surface area contributed by atoms with E-state index in [1.54, 1.807) is 39.1 Å². The number of carbonyl (C=O) groups is 1. The van der Waals surface area contributed by atoms with Gasteiger partial charge in [0.15, 0.2) is 10.2 Å². The molecule has 7 nitrogen and oxygen atoms in total. The highest BCUT2D eigenvalue weighted by molar-refractivity contribution is 8.00. The first kappa shape index (κ1) is 20.1. The summed E-state index contributed by atoms with van der Waals surface area (Å²) in [5.41, 5.74) is 0.834. The van der Waals surface area contributed by atoms with Crippen LogP contribution in [-0.4, -0.2) is 30.9 Å². The molecule has 0 radical (unpaired) electrons. The van der Waals surface area contributed by atoms with Crippen LogP contribution in [0.15, 0.2) is 69.7 Å². The van der Waals surface area contributed by atoms with Gasteiger partial charge in [0.2, 0.25) is 11.0 Å². The predicted molar refractivity (Wildman–Crippen MR) is 126 cm³/mol. The van der Waals surface area contributed by atoms with Crippen molar-refractivity contribution >= 4 is 56.8 Å². The molecule has 1 N–H and O–H groups in total. The van der Waals surface area contributed by atoms with Gasteiger partial charge >= 0.3 is 0 Å². The molecule has 1 amide bonds. The molecule has 31 heavy (non-hydrogen) atoms. The number of anilines is 1. The third-order valence-corrected chi connectivity index (χ3v) is 8.04. The number of thioether (sulfide) groups is 1. The standard InChI is InChI=1S/C20H14N6OS4/c27-18(22-19-23-24-20(31-19)30-12-14-8-4-10-28-14)16-21-17(15-9-5-11-29-15)26(25-16)13-6-2-1-3-7-13/h1-11H,12H2,(H,22,23,27). The summed E-state index contributed by atoms with van der Waals surface area (Å²) >= 11 is 6.18. The fourth-order valence-electron chi connectivity index (χ4n) is 2.72. The third-order valence-electron chi connectivity index (χ3n) is 4.10. The molecule has 0 aliphatic rings. The first-order chi connectivity index (χ1) is 15.3. The average Bonchev–Trinajstić information content (AvgIpc) is 3.60. The molecule has 11 heteroatoms. The lowest BCUT2D eigenvalue weighted by Crippen LogP contribution is -2.14. The van der Waals surface area contributed by atoms with E-state index >= 15 is 0 Å². The lowest BCUT2D eigenvalue weighted by Gasteiger charge is -2.03. The molecule has 0 aliphatic carbocycles. The van der Waals surface area contributed by atoms with Crippen molar-refractivity contribution in [1.29, 1.82) is 0 Å². The van der Waals surface area contributed by atoms with Gasteiger partial charge in [0, 0.05) is 10.6 Å². The minimum Gasteiger partial charge on any atom is -0.294 e. The van der Waals surface area contributed by atoms with Gasteiger partial charge in [0.05, 0.1) is 10.6 Å². The number of aromatic nitrogens is 5. The number of nitrogens with zero attached hydrogens (tertiary/aromatic N) is 5. The molecule has 0 atom stereocenters. The zero-order valence-corrected chi connectivity index (χ0v) is 19.1. The Hall–Kier alpha value is -2.86. The second-order valence-corrected chi connectivity index (χ2v) is 10.4. The van der Waals surface area contributed by atoms with Crippen molar-refractivity contribution in [3.05, 3.63) is 76.1 Å². The number of hydrogen-bond acceptors (Lipinski definition) is 9. The summed E-state index contributed by atoms with van der Waals surface area (Å²) in [4.78, 5) is 19.5. The smallest absolute Gasteiger partial charge is 0.294 e. The van der Waals surface area contributed by atoms with Gasteiger partial charge in [0.25, 0.3) is 5.91 Å². The molecule has 0 unspecified atom stereocenters. The van der Waals surface area contributed by atoms with Crippen LogP contribution in [0.25, 0.3) is 16.4 Å². The second kappa shape index (κ2) is 9.10. The first-order valence-corrected chi connectivity index (χ1v) is 12.7. The Morgan fingerprint density at radius 1 is 1.00 bits per heavy atom. The van der Waals surface area contributed by atoms with Crippen molar-refractivity contribution in [2.45, 2.75) is 10.1 Å². The van der Waals surface area contributed by atoms with Gasteiger partial charge in [-0.2, -0.15) is 0 Å². The van der Waals surface area contributed by atoms with Crippen LogP contribution in [0.3, 0.4) is 0 Å². The number of nitrogens with one attached hydrogen (secondary N) is 1. The van der Waals surface area contributed by atoms with Gasteiger partial charge in [-0.25, -0.2) is 9.67 Å². The van der Waals surface area contributed by atoms with Crippen molar-refractivity contribution in [2.24, 2.45) is 0 Å². The maximum atomic E-state index is 12.8. The number of rotatable bonds is 7. The lowest BCUT2D eigenvalue weighted by atomic mass is 10.3. The van der Waals surface area contributed by atoms with Crippen LogP contribution < -0.4 is 5.32 Å².